The third-order valence-corrected chi connectivity index (χ3v) is 3.24. The summed E-state index contributed by atoms with van der Waals surface area (Å²) in [4.78, 5) is 6.43. The minimum absolute atomic E-state index is 0.816. The Morgan fingerprint density at radius 1 is 1.20 bits per heavy atom. The molecule has 0 fully saturated rings. The third kappa shape index (κ3) is 3.48. The molecule has 0 aliphatic carbocycles. The second kappa shape index (κ2) is 6.91. The molecule has 0 radical (unpaired) electrons. The Morgan fingerprint density at radius 2 is 1.95 bits per heavy atom. The van der Waals surface area contributed by atoms with Crippen molar-refractivity contribution in [2.75, 3.05) is 26.1 Å². The molecule has 2 aromatic rings. The van der Waals surface area contributed by atoms with Crippen LogP contribution in [0.4, 0.5) is 5.69 Å². The highest BCUT2D eigenvalue weighted by Crippen LogP contribution is 2.20. The number of aromatic nitrogens is 1. The molecule has 106 valence electrons. The molecule has 4 heteroatoms. The van der Waals surface area contributed by atoms with Gasteiger partial charge in [0.2, 0.25) is 0 Å². The molecular formula is C16H21N3O. The molecule has 0 atom stereocenters. The number of pyridine rings is 1. The summed E-state index contributed by atoms with van der Waals surface area (Å²) in [5.41, 5.74) is 3.65. The van der Waals surface area contributed by atoms with Gasteiger partial charge in [0.25, 0.3) is 0 Å². The minimum atomic E-state index is 0.816. The van der Waals surface area contributed by atoms with E-state index in [4.69, 9.17) is 4.74 Å². The van der Waals surface area contributed by atoms with Gasteiger partial charge in [0.05, 0.1) is 7.11 Å². The van der Waals surface area contributed by atoms with Crippen molar-refractivity contribution in [3.05, 3.63) is 53.9 Å². The molecule has 1 aromatic heterocycles. The largest absolute Gasteiger partial charge is 0.497 e. The highest BCUT2D eigenvalue weighted by Gasteiger charge is 2.07. The first-order valence-electron chi connectivity index (χ1n) is 6.66. The van der Waals surface area contributed by atoms with Gasteiger partial charge in [0.15, 0.2) is 0 Å². The zero-order valence-electron chi connectivity index (χ0n) is 12.3. The molecule has 0 aliphatic heterocycles. The molecule has 1 aromatic carbocycles. The van der Waals surface area contributed by atoms with Crippen molar-refractivity contribution in [1.82, 2.24) is 10.3 Å². The van der Waals surface area contributed by atoms with Gasteiger partial charge in [0, 0.05) is 43.8 Å². The predicted molar refractivity (Wildman–Crippen MR) is 82.1 cm³/mol. The van der Waals surface area contributed by atoms with Crippen molar-refractivity contribution in [3.8, 4) is 5.75 Å². The van der Waals surface area contributed by atoms with Crippen LogP contribution in [0.25, 0.3) is 0 Å². The summed E-state index contributed by atoms with van der Waals surface area (Å²) in [5, 5.41) is 3.18. The Balaban J connectivity index is 2.12. The Hall–Kier alpha value is -2.07. The number of methoxy groups -OCH3 is 1. The van der Waals surface area contributed by atoms with Crippen LogP contribution in [-0.4, -0.2) is 26.2 Å². The number of hydrogen-bond acceptors (Lipinski definition) is 4. The van der Waals surface area contributed by atoms with Crippen LogP contribution in [0.5, 0.6) is 5.75 Å². The van der Waals surface area contributed by atoms with Crippen LogP contribution in [-0.2, 0) is 13.1 Å². The van der Waals surface area contributed by atoms with E-state index in [9.17, 15) is 0 Å². The van der Waals surface area contributed by atoms with Gasteiger partial charge in [-0.15, -0.1) is 0 Å². The summed E-state index contributed by atoms with van der Waals surface area (Å²) < 4.78 is 5.18. The molecular weight excluding hydrogens is 250 g/mol. The van der Waals surface area contributed by atoms with E-state index in [1.54, 1.807) is 7.11 Å². The van der Waals surface area contributed by atoms with E-state index in [-0.39, 0.29) is 0 Å². The molecule has 2 rings (SSSR count). The van der Waals surface area contributed by atoms with Crippen molar-refractivity contribution in [3.63, 3.8) is 0 Å². The first-order chi connectivity index (χ1) is 9.74. The number of ether oxygens (including phenoxy) is 1. The fourth-order valence-electron chi connectivity index (χ4n) is 2.21. The summed E-state index contributed by atoms with van der Waals surface area (Å²) in [6.45, 7) is 1.67. The van der Waals surface area contributed by atoms with Gasteiger partial charge in [-0.2, -0.15) is 0 Å². The molecule has 0 aliphatic rings. The zero-order chi connectivity index (χ0) is 14.4. The van der Waals surface area contributed by atoms with Crippen LogP contribution in [0.15, 0.2) is 42.7 Å². The number of rotatable bonds is 6. The van der Waals surface area contributed by atoms with Crippen molar-refractivity contribution in [1.29, 1.82) is 0 Å². The molecule has 0 saturated heterocycles. The van der Waals surface area contributed by atoms with Crippen LogP contribution in [0.2, 0.25) is 0 Å². The predicted octanol–water partition coefficient (Wildman–Crippen LogP) is 2.45. The zero-order valence-corrected chi connectivity index (χ0v) is 12.3. The molecule has 0 amide bonds. The molecule has 0 saturated carbocycles. The molecule has 20 heavy (non-hydrogen) atoms. The van der Waals surface area contributed by atoms with Crippen LogP contribution < -0.4 is 15.0 Å². The van der Waals surface area contributed by atoms with Gasteiger partial charge >= 0.3 is 0 Å². The second-order valence-electron chi connectivity index (χ2n) is 4.74. The Kier molecular flexibility index (Phi) is 4.96. The lowest BCUT2D eigenvalue weighted by Crippen LogP contribution is -2.19. The molecule has 4 nitrogen and oxygen atoms in total. The molecule has 1 N–H and O–H groups in total. The smallest absolute Gasteiger partial charge is 0.118 e. The lowest BCUT2D eigenvalue weighted by molar-refractivity contribution is 0.414. The van der Waals surface area contributed by atoms with Gasteiger partial charge in [-0.1, -0.05) is 12.1 Å². The Bertz CT molecular complexity index is 540. The number of benzene rings is 1. The van der Waals surface area contributed by atoms with Crippen LogP contribution in [0.1, 0.15) is 11.1 Å². The van der Waals surface area contributed by atoms with Crippen molar-refractivity contribution < 1.29 is 4.74 Å². The molecule has 1 heterocycles. The fraction of sp³-hybridized carbons (Fsp3) is 0.312. The average Bonchev–Trinajstić information content (AvgIpc) is 2.49. The number of nitrogens with one attached hydrogen (secondary N) is 1. The maximum Gasteiger partial charge on any atom is 0.118 e. The van der Waals surface area contributed by atoms with Crippen molar-refractivity contribution in [2.45, 2.75) is 13.1 Å². The number of nitrogens with zero attached hydrogens (tertiary/aromatic N) is 2. The first kappa shape index (κ1) is 14.3. The van der Waals surface area contributed by atoms with Gasteiger partial charge < -0.3 is 15.0 Å². The van der Waals surface area contributed by atoms with Gasteiger partial charge in [-0.05, 0) is 30.8 Å². The molecule has 0 bridgehead atoms. The molecule has 0 spiro atoms. The van der Waals surface area contributed by atoms with Gasteiger partial charge in [-0.3, -0.25) is 4.98 Å². The van der Waals surface area contributed by atoms with E-state index < -0.39 is 0 Å². The maximum atomic E-state index is 5.18. The van der Waals surface area contributed by atoms with Crippen molar-refractivity contribution >= 4 is 5.69 Å². The number of anilines is 1. The quantitative estimate of drug-likeness (QED) is 0.875. The van der Waals surface area contributed by atoms with Crippen LogP contribution >= 0.6 is 0 Å². The van der Waals surface area contributed by atoms with E-state index in [1.165, 1.54) is 16.8 Å². The third-order valence-electron chi connectivity index (χ3n) is 3.24. The van der Waals surface area contributed by atoms with Gasteiger partial charge in [-0.25, -0.2) is 0 Å². The lowest BCUT2D eigenvalue weighted by atomic mass is 10.1. The van der Waals surface area contributed by atoms with E-state index in [0.29, 0.717) is 0 Å². The highest BCUT2D eigenvalue weighted by molar-refractivity contribution is 5.52. The minimum Gasteiger partial charge on any atom is -0.497 e. The SMILES string of the molecule is CNCc1cnccc1N(C)Cc1ccc(OC)cc1. The standard InChI is InChI=1S/C16H21N3O/c1-17-10-14-11-18-9-8-16(14)19(2)12-13-4-6-15(20-3)7-5-13/h4-9,11,17H,10,12H2,1-3H3. The van der Waals surface area contributed by atoms with Gasteiger partial charge in [0.1, 0.15) is 5.75 Å². The fourth-order valence-corrected chi connectivity index (χ4v) is 2.21. The number of hydrogen-bond donors (Lipinski definition) is 1. The summed E-state index contributed by atoms with van der Waals surface area (Å²) >= 11 is 0. The topological polar surface area (TPSA) is 37.4 Å². The van der Waals surface area contributed by atoms with E-state index in [2.05, 4.69) is 40.4 Å². The molecule has 0 unspecified atom stereocenters. The summed E-state index contributed by atoms with van der Waals surface area (Å²) in [7, 11) is 5.72. The first-order valence-corrected chi connectivity index (χ1v) is 6.66. The average molecular weight is 271 g/mol. The second-order valence-corrected chi connectivity index (χ2v) is 4.74. The van der Waals surface area contributed by atoms with Crippen LogP contribution in [0.3, 0.4) is 0 Å². The lowest BCUT2D eigenvalue weighted by Gasteiger charge is -2.22. The Morgan fingerprint density at radius 3 is 2.60 bits per heavy atom. The summed E-state index contributed by atoms with van der Waals surface area (Å²) in [6.07, 6.45) is 3.75. The van der Waals surface area contributed by atoms with E-state index >= 15 is 0 Å². The highest BCUT2D eigenvalue weighted by atomic mass is 16.5. The summed E-state index contributed by atoms with van der Waals surface area (Å²) in [5.74, 6) is 0.885. The van der Waals surface area contributed by atoms with Crippen molar-refractivity contribution in [2.24, 2.45) is 0 Å². The maximum absolute atomic E-state index is 5.18. The van der Waals surface area contributed by atoms with E-state index in [0.717, 1.165) is 18.8 Å². The van der Waals surface area contributed by atoms with E-state index in [1.807, 2.05) is 31.6 Å². The van der Waals surface area contributed by atoms with Crippen LogP contribution in [0, 0.1) is 0 Å². The Labute approximate surface area is 120 Å². The monoisotopic (exact) mass is 271 g/mol. The normalized spacial score (nSPS) is 10.3. The summed E-state index contributed by atoms with van der Waals surface area (Å²) in [6, 6.07) is 10.2.